The number of thiocarbonyl (C=S) groups is 1. The van der Waals surface area contributed by atoms with Crippen LogP contribution < -0.4 is 16.4 Å². The summed E-state index contributed by atoms with van der Waals surface area (Å²) in [4.78, 5) is 41.3. The molecule has 2 aromatic rings. The van der Waals surface area contributed by atoms with Crippen molar-refractivity contribution in [2.45, 2.75) is 37.5 Å². The highest BCUT2D eigenvalue weighted by molar-refractivity contribution is 7.80. The Hall–Kier alpha value is -4.82. The number of phenols is 1. The normalized spacial score (nSPS) is 27.2. The first-order valence-corrected chi connectivity index (χ1v) is 15.2. The van der Waals surface area contributed by atoms with E-state index in [4.69, 9.17) is 18.0 Å². The third-order valence-electron chi connectivity index (χ3n) is 9.35. The van der Waals surface area contributed by atoms with Crippen LogP contribution in [-0.4, -0.2) is 84.9 Å². The maximum Gasteiger partial charge on any atom is 0.255 e. The molecule has 3 aliphatic rings. The number of aryl methyl sites for hydroxylation is 1. The van der Waals surface area contributed by atoms with Gasteiger partial charge in [-0.2, -0.15) is 0 Å². The molecular formula is C34H36N4O8S. The lowest BCUT2D eigenvalue weighted by Crippen LogP contribution is -2.68. The molecule has 0 saturated carbocycles. The van der Waals surface area contributed by atoms with Crippen LogP contribution in [0.3, 0.4) is 0 Å². The molecule has 0 saturated heterocycles. The van der Waals surface area contributed by atoms with Crippen LogP contribution in [0.2, 0.25) is 0 Å². The van der Waals surface area contributed by atoms with Crippen molar-refractivity contribution in [3.05, 3.63) is 100 Å². The SMILES string of the molecule is C=C/C=C(/NC(=S)Nc1ccc2c(c1O)C(=O)C1=C(O)[C@]3(O)C(=O)C(C(N)=O)=C(O)[C@@H](N(C)C)[C@@H]3[C@@H](O)[C@@H]1[C@H]2C)c1ccccc1C. The Morgan fingerprint density at radius 3 is 2.38 bits per heavy atom. The van der Waals surface area contributed by atoms with E-state index in [9.17, 15) is 39.9 Å². The number of aliphatic hydroxyl groups is 4. The van der Waals surface area contributed by atoms with Gasteiger partial charge in [0.05, 0.1) is 29.3 Å². The number of fused-ring (bicyclic) bond motifs is 3. The number of likely N-dealkylation sites (N-methyl/N-ethyl adjacent to an activating group) is 1. The number of amides is 1. The number of hydrogen-bond donors (Lipinski definition) is 8. The molecule has 13 heteroatoms. The number of carbonyl (C=O) groups is 3. The van der Waals surface area contributed by atoms with E-state index < -0.39 is 81.4 Å². The molecule has 2 aromatic carbocycles. The molecule has 0 unspecified atom stereocenters. The number of anilines is 1. The minimum absolute atomic E-state index is 0.0429. The topological polar surface area (TPSA) is 206 Å². The van der Waals surface area contributed by atoms with Crippen molar-refractivity contribution in [3.63, 3.8) is 0 Å². The molecule has 3 aliphatic carbocycles. The maximum atomic E-state index is 14.1. The lowest BCUT2D eigenvalue weighted by molar-refractivity contribution is -0.162. The molecule has 246 valence electrons. The van der Waals surface area contributed by atoms with E-state index >= 15 is 0 Å². The Balaban J connectivity index is 1.58. The van der Waals surface area contributed by atoms with Crippen molar-refractivity contribution in [1.29, 1.82) is 0 Å². The number of aliphatic hydroxyl groups excluding tert-OH is 3. The number of primary amides is 1. The van der Waals surface area contributed by atoms with Crippen LogP contribution in [0.4, 0.5) is 5.69 Å². The number of hydrogen-bond acceptors (Lipinski definition) is 10. The van der Waals surface area contributed by atoms with Gasteiger partial charge in [-0.1, -0.05) is 49.9 Å². The summed E-state index contributed by atoms with van der Waals surface area (Å²) in [6.45, 7) is 7.34. The lowest BCUT2D eigenvalue weighted by atomic mass is 9.55. The average Bonchev–Trinajstić information content (AvgIpc) is 3.00. The van der Waals surface area contributed by atoms with Crippen molar-refractivity contribution >= 4 is 46.2 Å². The molecule has 0 bridgehead atoms. The molecule has 12 nitrogen and oxygen atoms in total. The average molecular weight is 661 g/mol. The van der Waals surface area contributed by atoms with Crippen molar-refractivity contribution < 1.29 is 39.9 Å². The van der Waals surface area contributed by atoms with E-state index in [1.165, 1.54) is 25.1 Å². The number of nitrogens with two attached hydrogens (primary N) is 1. The van der Waals surface area contributed by atoms with Gasteiger partial charge in [0.15, 0.2) is 22.2 Å². The van der Waals surface area contributed by atoms with Gasteiger partial charge in [0.1, 0.15) is 17.1 Å². The number of benzene rings is 2. The highest BCUT2D eigenvalue weighted by Crippen LogP contribution is 2.56. The zero-order valence-corrected chi connectivity index (χ0v) is 26.9. The van der Waals surface area contributed by atoms with Crippen LogP contribution in [0.25, 0.3) is 5.70 Å². The van der Waals surface area contributed by atoms with Crippen LogP contribution in [0.15, 0.2) is 77.8 Å². The summed E-state index contributed by atoms with van der Waals surface area (Å²) < 4.78 is 0. The fourth-order valence-electron chi connectivity index (χ4n) is 7.19. The summed E-state index contributed by atoms with van der Waals surface area (Å²) in [5, 5.41) is 63.6. The van der Waals surface area contributed by atoms with Gasteiger partial charge >= 0.3 is 0 Å². The lowest BCUT2D eigenvalue weighted by Gasteiger charge is -2.53. The molecule has 0 spiro atoms. The van der Waals surface area contributed by atoms with Gasteiger partial charge in [0.2, 0.25) is 5.78 Å². The standard InChI is InChI=1S/C34H36N4O8S/c1-6-9-18(16-11-8-7-10-14(16)2)36-33(47)37-19-13-12-17-15(3)20-22(27(40)21(17)26(19)39)30(43)34(46)24(28(20)41)25(38(4)5)29(42)23(31(34)44)32(35)45/h6-13,15,20,24-25,28,39,41-43,46H,1H2,2-5H3,(H2,35,45)(H2,36,37,47)/b18-9+/t15-,20+,24+,25-,28-,34-/m0/s1. The largest absolute Gasteiger partial charge is 0.510 e. The van der Waals surface area contributed by atoms with Crippen LogP contribution >= 0.6 is 12.2 Å². The van der Waals surface area contributed by atoms with Gasteiger partial charge in [-0.25, -0.2) is 0 Å². The predicted molar refractivity (Wildman–Crippen MR) is 178 cm³/mol. The fraction of sp³-hybridized carbons (Fsp3) is 0.294. The molecule has 0 radical (unpaired) electrons. The quantitative estimate of drug-likeness (QED) is 0.0974. The molecular weight excluding hydrogens is 624 g/mol. The van der Waals surface area contributed by atoms with E-state index in [0.29, 0.717) is 11.3 Å². The second-order valence-corrected chi connectivity index (χ2v) is 12.6. The molecule has 1 amide bonds. The number of nitrogens with zero attached hydrogens (tertiary/aromatic N) is 1. The molecule has 0 fully saturated rings. The Bertz CT molecular complexity index is 1850. The monoisotopic (exact) mass is 660 g/mol. The van der Waals surface area contributed by atoms with Crippen molar-refractivity contribution in [1.82, 2.24) is 10.2 Å². The molecule has 0 heterocycles. The van der Waals surface area contributed by atoms with E-state index in [0.717, 1.165) is 11.1 Å². The third kappa shape index (κ3) is 5.02. The van der Waals surface area contributed by atoms with Crippen molar-refractivity contribution in [2.24, 2.45) is 17.6 Å². The predicted octanol–water partition coefficient (Wildman–Crippen LogP) is 2.47. The Morgan fingerprint density at radius 1 is 1.13 bits per heavy atom. The van der Waals surface area contributed by atoms with Crippen LogP contribution in [0.5, 0.6) is 5.75 Å². The van der Waals surface area contributed by atoms with Gasteiger partial charge in [0, 0.05) is 22.8 Å². The number of carbonyl (C=O) groups excluding carboxylic acids is 3. The zero-order chi connectivity index (χ0) is 34.7. The highest BCUT2D eigenvalue weighted by atomic mass is 32.1. The van der Waals surface area contributed by atoms with Crippen LogP contribution in [-0.2, 0) is 9.59 Å². The zero-order valence-electron chi connectivity index (χ0n) is 26.1. The highest BCUT2D eigenvalue weighted by Gasteiger charge is 2.67. The van der Waals surface area contributed by atoms with Crippen molar-refractivity contribution in [3.8, 4) is 5.75 Å². The second kappa shape index (κ2) is 12.1. The summed E-state index contributed by atoms with van der Waals surface area (Å²) >= 11 is 5.52. The second-order valence-electron chi connectivity index (χ2n) is 12.2. The number of Topliss-reactive ketones (excluding diaryl/α,β-unsaturated/α-hetero) is 2. The number of phenolic OH excluding ortho intramolecular Hbond substituents is 1. The van der Waals surface area contributed by atoms with E-state index in [2.05, 4.69) is 17.2 Å². The number of rotatable bonds is 6. The van der Waals surface area contributed by atoms with Gasteiger partial charge in [-0.05, 0) is 62.4 Å². The first kappa shape index (κ1) is 33.5. The molecule has 47 heavy (non-hydrogen) atoms. The summed E-state index contributed by atoms with van der Waals surface area (Å²) in [6.07, 6.45) is 1.63. The van der Waals surface area contributed by atoms with Gasteiger partial charge in [-0.3, -0.25) is 19.3 Å². The Kier molecular flexibility index (Phi) is 8.62. The maximum absolute atomic E-state index is 14.1. The minimum atomic E-state index is -3.00. The number of aromatic hydroxyl groups is 1. The van der Waals surface area contributed by atoms with Crippen molar-refractivity contribution in [2.75, 3.05) is 19.4 Å². The minimum Gasteiger partial charge on any atom is -0.510 e. The summed E-state index contributed by atoms with van der Waals surface area (Å²) in [5.74, 6) is -9.64. The van der Waals surface area contributed by atoms with Crippen LogP contribution in [0, 0.1) is 18.8 Å². The van der Waals surface area contributed by atoms with Gasteiger partial charge in [-0.15, -0.1) is 0 Å². The molecule has 0 aromatic heterocycles. The van der Waals surface area contributed by atoms with E-state index in [1.807, 2.05) is 31.2 Å². The van der Waals surface area contributed by atoms with Gasteiger partial charge in [0.25, 0.3) is 5.91 Å². The van der Waals surface area contributed by atoms with E-state index in [-0.39, 0.29) is 16.4 Å². The summed E-state index contributed by atoms with van der Waals surface area (Å²) in [7, 11) is 2.96. The van der Waals surface area contributed by atoms with Gasteiger partial charge < -0.3 is 41.9 Å². The Labute approximate surface area is 276 Å². The third-order valence-corrected chi connectivity index (χ3v) is 9.55. The summed E-state index contributed by atoms with van der Waals surface area (Å²) in [6, 6.07) is 9.34. The molecule has 9 N–H and O–H groups in total. The number of allylic oxidation sites excluding steroid dienone is 2. The van der Waals surface area contributed by atoms with Crippen LogP contribution in [0.1, 0.15) is 39.9 Å². The summed E-state index contributed by atoms with van der Waals surface area (Å²) in [5.41, 5.74) is 3.51. The first-order chi connectivity index (χ1) is 22.1. The smallest absolute Gasteiger partial charge is 0.255 e. The molecule has 0 aliphatic heterocycles. The molecule has 6 atom stereocenters. The van der Waals surface area contributed by atoms with E-state index in [1.54, 1.807) is 25.1 Å². The molecule has 5 rings (SSSR count). The number of nitrogens with one attached hydrogen (secondary N) is 2. The fourth-order valence-corrected chi connectivity index (χ4v) is 7.41. The number of ketones is 2. The first-order valence-electron chi connectivity index (χ1n) is 14.7. The Morgan fingerprint density at radius 2 is 1.79 bits per heavy atom.